The number of benzene rings is 2. The van der Waals surface area contributed by atoms with E-state index in [9.17, 15) is 19.1 Å². The van der Waals surface area contributed by atoms with Gasteiger partial charge in [0.15, 0.2) is 18.0 Å². The Hall–Kier alpha value is -2.18. The van der Waals surface area contributed by atoms with E-state index in [4.69, 9.17) is 4.52 Å². The molecule has 7 nitrogen and oxygen atoms in total. The summed E-state index contributed by atoms with van der Waals surface area (Å²) in [6.45, 7) is 8.97. The minimum absolute atomic E-state index is 0.0828. The van der Waals surface area contributed by atoms with Crippen molar-refractivity contribution in [2.75, 3.05) is 25.0 Å². The number of quaternary nitrogens is 1. The van der Waals surface area contributed by atoms with E-state index in [1.165, 1.54) is 6.07 Å². The maximum Gasteiger partial charge on any atom is 0.525 e. The number of phosphoric acid groups is 1. The summed E-state index contributed by atoms with van der Waals surface area (Å²) in [5, 5.41) is 2.99. The number of aryl methyl sites for hydroxylation is 2. The average Bonchev–Trinajstić information content (AvgIpc) is 2.62. The third-order valence-electron chi connectivity index (χ3n) is 5.00. The second kappa shape index (κ2) is 8.88. The standard InChI is InChI=1S/C20H27N2O5P/c1-5-22(6-2,17-12-7-8-13-18(17)27-28(24,25)26)14-19(23)21-20-15(3)10-9-11-16(20)4/h7-13H,5-6,14H2,1-4H3,(H2-,21,23,24,25,26)/p+1. The lowest BCUT2D eigenvalue weighted by molar-refractivity contribution is -0.117. The van der Waals surface area contributed by atoms with Gasteiger partial charge in [-0.3, -0.25) is 19.1 Å². The zero-order valence-electron chi connectivity index (χ0n) is 16.7. The monoisotopic (exact) mass is 407 g/mol. The lowest BCUT2D eigenvalue weighted by Gasteiger charge is -2.36. The van der Waals surface area contributed by atoms with Crippen molar-refractivity contribution >= 4 is 25.1 Å². The number of hydrogen-bond donors (Lipinski definition) is 3. The largest absolute Gasteiger partial charge is 0.525 e. The topological polar surface area (TPSA) is 95.9 Å². The van der Waals surface area contributed by atoms with Crippen LogP contribution in [-0.4, -0.2) is 35.3 Å². The molecule has 28 heavy (non-hydrogen) atoms. The van der Waals surface area contributed by atoms with Crippen LogP contribution in [0.4, 0.5) is 11.4 Å². The molecule has 3 N–H and O–H groups in total. The number of carbonyl (C=O) groups excluding carboxylic acids is 1. The van der Waals surface area contributed by atoms with Crippen LogP contribution in [0.1, 0.15) is 25.0 Å². The number of likely N-dealkylation sites (N-methyl/N-ethyl adjacent to an activating group) is 1. The molecular formula is C20H28N2O5P+. The highest BCUT2D eigenvalue weighted by Crippen LogP contribution is 2.43. The summed E-state index contributed by atoms with van der Waals surface area (Å²) in [6, 6.07) is 12.5. The summed E-state index contributed by atoms with van der Waals surface area (Å²) >= 11 is 0. The first-order chi connectivity index (χ1) is 13.1. The summed E-state index contributed by atoms with van der Waals surface area (Å²) in [4.78, 5) is 31.4. The van der Waals surface area contributed by atoms with Crippen LogP contribution in [0.15, 0.2) is 42.5 Å². The minimum Gasteiger partial charge on any atom is -0.398 e. The highest BCUT2D eigenvalue weighted by atomic mass is 31.2. The van der Waals surface area contributed by atoms with Gasteiger partial charge in [0.05, 0.1) is 13.1 Å². The highest BCUT2D eigenvalue weighted by molar-refractivity contribution is 7.46. The van der Waals surface area contributed by atoms with E-state index >= 15 is 0 Å². The van der Waals surface area contributed by atoms with E-state index in [1.54, 1.807) is 18.2 Å². The number of para-hydroxylation sites is 3. The molecule has 0 aromatic heterocycles. The van der Waals surface area contributed by atoms with Gasteiger partial charge in [-0.1, -0.05) is 30.3 Å². The lowest BCUT2D eigenvalue weighted by atomic mass is 10.1. The summed E-state index contributed by atoms with van der Waals surface area (Å²) in [5.74, 6) is -0.0912. The summed E-state index contributed by atoms with van der Waals surface area (Å²) in [5.41, 5.74) is 3.30. The SMILES string of the molecule is CC[N+](CC)(CC(=O)Nc1c(C)cccc1C)c1ccccc1OP(=O)(O)O. The fourth-order valence-electron chi connectivity index (χ4n) is 3.39. The summed E-state index contributed by atoms with van der Waals surface area (Å²) in [7, 11) is -4.72. The number of nitrogens with one attached hydrogen (secondary N) is 1. The summed E-state index contributed by atoms with van der Waals surface area (Å²) < 4.78 is 16.5. The Labute approximate surface area is 165 Å². The van der Waals surface area contributed by atoms with Gasteiger partial charge in [0.1, 0.15) is 0 Å². The number of nitrogens with zero attached hydrogens (tertiary/aromatic N) is 1. The van der Waals surface area contributed by atoms with Gasteiger partial charge in [0, 0.05) is 11.8 Å². The van der Waals surface area contributed by atoms with Crippen LogP contribution < -0.4 is 14.3 Å². The van der Waals surface area contributed by atoms with E-state index in [0.29, 0.717) is 18.8 Å². The Morgan fingerprint density at radius 1 is 1.04 bits per heavy atom. The molecular weight excluding hydrogens is 379 g/mol. The first-order valence-corrected chi connectivity index (χ1v) is 10.7. The van der Waals surface area contributed by atoms with Gasteiger partial charge < -0.3 is 9.84 Å². The molecule has 1 amide bonds. The van der Waals surface area contributed by atoms with Crippen molar-refractivity contribution in [3.05, 3.63) is 53.6 Å². The fourth-order valence-corrected chi connectivity index (χ4v) is 3.80. The molecule has 0 radical (unpaired) electrons. The van der Waals surface area contributed by atoms with E-state index in [1.807, 2.05) is 45.9 Å². The van der Waals surface area contributed by atoms with E-state index < -0.39 is 7.82 Å². The zero-order chi connectivity index (χ0) is 20.9. The highest BCUT2D eigenvalue weighted by Gasteiger charge is 2.34. The van der Waals surface area contributed by atoms with Crippen LogP contribution >= 0.6 is 7.82 Å². The van der Waals surface area contributed by atoms with Crippen LogP contribution in [0, 0.1) is 13.8 Å². The lowest BCUT2D eigenvalue weighted by Crippen LogP contribution is -2.53. The first-order valence-electron chi connectivity index (χ1n) is 9.18. The Morgan fingerprint density at radius 3 is 2.14 bits per heavy atom. The Morgan fingerprint density at radius 2 is 1.61 bits per heavy atom. The Balaban J connectivity index is 2.37. The van der Waals surface area contributed by atoms with Crippen molar-refractivity contribution in [2.24, 2.45) is 0 Å². The number of amides is 1. The molecule has 2 aromatic carbocycles. The maximum absolute atomic E-state index is 12.9. The molecule has 0 fully saturated rings. The predicted molar refractivity (Wildman–Crippen MR) is 111 cm³/mol. The maximum atomic E-state index is 12.9. The second-order valence-corrected chi connectivity index (χ2v) is 7.96. The van der Waals surface area contributed by atoms with Gasteiger partial charge in [-0.15, -0.1) is 0 Å². The van der Waals surface area contributed by atoms with Gasteiger partial charge in [0.2, 0.25) is 0 Å². The molecule has 0 aliphatic heterocycles. The number of rotatable bonds is 8. The summed E-state index contributed by atoms with van der Waals surface area (Å²) in [6.07, 6.45) is 0. The Bertz CT molecular complexity index is 870. The number of carbonyl (C=O) groups is 1. The van der Waals surface area contributed by atoms with Crippen molar-refractivity contribution in [2.45, 2.75) is 27.7 Å². The molecule has 0 saturated carbocycles. The van der Waals surface area contributed by atoms with Crippen LogP contribution in [0.5, 0.6) is 5.75 Å². The normalized spacial score (nSPS) is 11.9. The van der Waals surface area contributed by atoms with Crippen molar-refractivity contribution in [1.29, 1.82) is 0 Å². The van der Waals surface area contributed by atoms with Gasteiger partial charge in [-0.05, 0) is 44.9 Å². The van der Waals surface area contributed by atoms with Gasteiger partial charge in [-0.2, -0.15) is 0 Å². The molecule has 0 bridgehead atoms. The van der Waals surface area contributed by atoms with Crippen molar-refractivity contribution < 1.29 is 23.7 Å². The molecule has 0 heterocycles. The molecule has 0 aliphatic rings. The van der Waals surface area contributed by atoms with Gasteiger partial charge >= 0.3 is 7.82 Å². The fraction of sp³-hybridized carbons (Fsp3) is 0.350. The molecule has 0 spiro atoms. The predicted octanol–water partition coefficient (Wildman–Crippen LogP) is 3.76. The first kappa shape index (κ1) is 22.1. The van der Waals surface area contributed by atoms with Crippen molar-refractivity contribution in [3.8, 4) is 5.75 Å². The van der Waals surface area contributed by atoms with Crippen LogP contribution in [0.2, 0.25) is 0 Å². The third kappa shape index (κ3) is 5.20. The van der Waals surface area contributed by atoms with Crippen LogP contribution in [-0.2, 0) is 9.36 Å². The third-order valence-corrected chi connectivity index (χ3v) is 5.43. The van der Waals surface area contributed by atoms with Crippen molar-refractivity contribution in [1.82, 2.24) is 4.48 Å². The molecule has 8 heteroatoms. The molecule has 0 saturated heterocycles. The molecule has 0 aliphatic carbocycles. The van der Waals surface area contributed by atoms with Crippen molar-refractivity contribution in [3.63, 3.8) is 0 Å². The zero-order valence-corrected chi connectivity index (χ0v) is 17.6. The van der Waals surface area contributed by atoms with E-state index in [-0.39, 0.29) is 22.7 Å². The number of hydrogen-bond acceptors (Lipinski definition) is 3. The van der Waals surface area contributed by atoms with Crippen LogP contribution in [0.3, 0.4) is 0 Å². The molecule has 0 unspecified atom stereocenters. The molecule has 2 aromatic rings. The minimum atomic E-state index is -4.72. The quantitative estimate of drug-likeness (QED) is 0.457. The van der Waals surface area contributed by atoms with E-state index in [0.717, 1.165) is 16.8 Å². The smallest absolute Gasteiger partial charge is 0.398 e. The molecule has 0 atom stereocenters. The second-order valence-electron chi connectivity index (χ2n) is 6.80. The van der Waals surface area contributed by atoms with Gasteiger partial charge in [0.25, 0.3) is 5.91 Å². The average molecular weight is 407 g/mol. The molecule has 2 rings (SSSR count). The number of anilines is 1. The molecule has 152 valence electrons. The van der Waals surface area contributed by atoms with Gasteiger partial charge in [-0.25, -0.2) is 4.57 Å². The van der Waals surface area contributed by atoms with E-state index in [2.05, 4.69) is 5.32 Å². The van der Waals surface area contributed by atoms with Crippen LogP contribution in [0.25, 0.3) is 0 Å². The number of phosphoric ester groups is 1. The Kier molecular flexibility index (Phi) is 7.01.